The number of rotatable bonds is 6. The molecule has 1 aliphatic rings. The van der Waals surface area contributed by atoms with Gasteiger partial charge in [-0.3, -0.25) is 4.98 Å². The minimum Gasteiger partial charge on any atom is -0.493 e. The highest BCUT2D eigenvalue weighted by atomic mass is 35.5. The van der Waals surface area contributed by atoms with E-state index in [9.17, 15) is 4.39 Å². The van der Waals surface area contributed by atoms with E-state index in [-0.39, 0.29) is 11.6 Å². The van der Waals surface area contributed by atoms with Crippen LogP contribution in [-0.2, 0) is 6.42 Å². The van der Waals surface area contributed by atoms with Gasteiger partial charge in [0.1, 0.15) is 0 Å². The highest BCUT2D eigenvalue weighted by molar-refractivity contribution is 6.32. The number of halogens is 2. The fraction of sp³-hybridized carbons (Fsp3) is 0.526. The fourth-order valence-electron chi connectivity index (χ4n) is 3.63. The van der Waals surface area contributed by atoms with Crippen molar-refractivity contribution >= 4 is 22.5 Å². The number of hydrogen-bond donors (Lipinski definition) is 1. The lowest BCUT2D eigenvalue weighted by molar-refractivity contribution is 0.201. The number of ether oxygens (including phenoxy) is 1. The van der Waals surface area contributed by atoms with Crippen LogP contribution in [0.4, 0.5) is 4.39 Å². The number of benzene rings is 1. The normalized spacial score (nSPS) is 16.5. The van der Waals surface area contributed by atoms with E-state index < -0.39 is 0 Å². The highest BCUT2D eigenvalue weighted by Gasteiger charge is 2.20. The summed E-state index contributed by atoms with van der Waals surface area (Å²) in [5.41, 5.74) is 1.63. The maximum Gasteiger partial charge on any atom is 0.165 e. The lowest BCUT2D eigenvalue weighted by Gasteiger charge is -2.32. The van der Waals surface area contributed by atoms with Crippen molar-refractivity contribution in [1.82, 2.24) is 15.2 Å². The summed E-state index contributed by atoms with van der Waals surface area (Å²) in [7, 11) is 1.48. The molecule has 0 aliphatic carbocycles. The number of likely N-dealkylation sites (tertiary alicyclic amines) is 1. The molecule has 136 valence electrons. The first-order chi connectivity index (χ1) is 12.1. The monoisotopic (exact) mass is 365 g/mol. The van der Waals surface area contributed by atoms with E-state index in [1.807, 2.05) is 0 Å². The van der Waals surface area contributed by atoms with Crippen molar-refractivity contribution in [3.05, 3.63) is 34.7 Å². The molecule has 1 N–H and O–H groups in total. The minimum absolute atomic E-state index is 0.230. The van der Waals surface area contributed by atoms with E-state index in [4.69, 9.17) is 16.3 Å². The molecule has 0 atom stereocenters. The number of nitrogens with one attached hydrogen (secondary N) is 1. The molecule has 2 heterocycles. The van der Waals surface area contributed by atoms with Crippen LogP contribution in [0.5, 0.6) is 5.75 Å². The lowest BCUT2D eigenvalue weighted by atomic mass is 10.0. The summed E-state index contributed by atoms with van der Waals surface area (Å²) in [6, 6.07) is 3.69. The molecule has 2 aromatic rings. The molecule has 0 spiro atoms. The van der Waals surface area contributed by atoms with Gasteiger partial charge >= 0.3 is 0 Å². The quantitative estimate of drug-likeness (QED) is 0.847. The van der Waals surface area contributed by atoms with Crippen LogP contribution in [-0.4, -0.2) is 49.2 Å². The van der Waals surface area contributed by atoms with Crippen molar-refractivity contribution in [3.63, 3.8) is 0 Å². The van der Waals surface area contributed by atoms with Gasteiger partial charge in [0.15, 0.2) is 11.6 Å². The predicted octanol–water partition coefficient (Wildman–Crippen LogP) is 3.65. The predicted molar refractivity (Wildman–Crippen MR) is 100 cm³/mol. The van der Waals surface area contributed by atoms with Gasteiger partial charge in [0.2, 0.25) is 0 Å². The van der Waals surface area contributed by atoms with Gasteiger partial charge in [-0.25, -0.2) is 4.39 Å². The Bertz CT molecular complexity index is 727. The third-order valence-corrected chi connectivity index (χ3v) is 5.28. The van der Waals surface area contributed by atoms with Gasteiger partial charge in [-0.1, -0.05) is 18.5 Å². The summed E-state index contributed by atoms with van der Waals surface area (Å²) in [5, 5.41) is 4.78. The van der Waals surface area contributed by atoms with Crippen LogP contribution in [0.2, 0.25) is 5.02 Å². The summed E-state index contributed by atoms with van der Waals surface area (Å²) in [4.78, 5) is 6.76. The first kappa shape index (κ1) is 18.4. The first-order valence-electron chi connectivity index (χ1n) is 8.89. The molecule has 4 nitrogen and oxygen atoms in total. The molecule has 1 aliphatic heterocycles. The van der Waals surface area contributed by atoms with Gasteiger partial charge in [0.05, 0.1) is 23.0 Å². The maximum atomic E-state index is 14.1. The van der Waals surface area contributed by atoms with Crippen molar-refractivity contribution in [1.29, 1.82) is 0 Å². The molecule has 6 heteroatoms. The van der Waals surface area contributed by atoms with Crippen LogP contribution in [0.1, 0.15) is 25.3 Å². The van der Waals surface area contributed by atoms with Crippen LogP contribution < -0.4 is 10.1 Å². The number of pyridine rings is 1. The molecule has 0 unspecified atom stereocenters. The molecule has 0 saturated carbocycles. The molecule has 3 rings (SSSR count). The summed E-state index contributed by atoms with van der Waals surface area (Å²) >= 11 is 6.40. The molecule has 0 radical (unpaired) electrons. The van der Waals surface area contributed by atoms with Crippen LogP contribution in [0, 0.1) is 5.82 Å². The zero-order valence-electron chi connectivity index (χ0n) is 14.8. The Labute approximate surface area is 153 Å². The molecular formula is C19H25ClFN3O. The SMILES string of the molecule is CCNC1CCN(CCc2c(Cl)cnc3ccc(F)c(OC)c23)CC1. The Balaban J connectivity index is 1.77. The van der Waals surface area contributed by atoms with Gasteiger partial charge in [-0.2, -0.15) is 0 Å². The van der Waals surface area contributed by atoms with E-state index in [0.29, 0.717) is 22.0 Å². The second-order valence-corrected chi connectivity index (χ2v) is 6.89. The fourth-order valence-corrected chi connectivity index (χ4v) is 3.87. The topological polar surface area (TPSA) is 37.4 Å². The molecule has 25 heavy (non-hydrogen) atoms. The average Bonchev–Trinajstić information content (AvgIpc) is 2.62. The van der Waals surface area contributed by atoms with Crippen LogP contribution in [0.3, 0.4) is 0 Å². The van der Waals surface area contributed by atoms with Crippen molar-refractivity contribution < 1.29 is 9.13 Å². The summed E-state index contributed by atoms with van der Waals surface area (Å²) < 4.78 is 19.4. The Morgan fingerprint density at radius 2 is 2.12 bits per heavy atom. The number of nitrogens with zero attached hydrogens (tertiary/aromatic N) is 2. The largest absolute Gasteiger partial charge is 0.493 e. The third kappa shape index (κ3) is 4.05. The van der Waals surface area contributed by atoms with E-state index in [1.165, 1.54) is 13.2 Å². The van der Waals surface area contributed by atoms with E-state index in [0.717, 1.165) is 51.0 Å². The average molecular weight is 366 g/mol. The van der Waals surface area contributed by atoms with Crippen molar-refractivity contribution in [2.45, 2.75) is 32.2 Å². The maximum absolute atomic E-state index is 14.1. The molecule has 0 bridgehead atoms. The van der Waals surface area contributed by atoms with E-state index in [1.54, 1.807) is 12.3 Å². The second-order valence-electron chi connectivity index (χ2n) is 6.48. The summed E-state index contributed by atoms with van der Waals surface area (Å²) in [6.45, 7) is 6.22. The minimum atomic E-state index is -0.383. The Kier molecular flexibility index (Phi) is 6.10. The van der Waals surface area contributed by atoms with Gasteiger partial charge < -0.3 is 15.0 Å². The smallest absolute Gasteiger partial charge is 0.165 e. The summed E-state index contributed by atoms with van der Waals surface area (Å²) in [6.07, 6.45) is 4.73. The number of hydrogen-bond acceptors (Lipinski definition) is 4. The number of methoxy groups -OCH3 is 1. The first-order valence-corrected chi connectivity index (χ1v) is 9.27. The number of aromatic nitrogens is 1. The van der Waals surface area contributed by atoms with Gasteiger partial charge in [-0.15, -0.1) is 0 Å². The van der Waals surface area contributed by atoms with Crippen LogP contribution >= 0.6 is 11.6 Å². The van der Waals surface area contributed by atoms with Crippen LogP contribution in [0.25, 0.3) is 10.9 Å². The number of piperidine rings is 1. The molecule has 1 aromatic carbocycles. The van der Waals surface area contributed by atoms with Crippen molar-refractivity contribution in [2.24, 2.45) is 0 Å². The molecule has 0 amide bonds. The molecule has 1 aromatic heterocycles. The standard InChI is InChI=1S/C19H25ClFN3O/c1-3-22-13-6-9-24(10-7-13)11-8-14-15(20)12-23-17-5-4-16(21)19(25-2)18(14)17/h4-5,12-13,22H,3,6-11H2,1-2H3. The molecule has 1 fully saturated rings. The summed E-state index contributed by atoms with van der Waals surface area (Å²) in [5.74, 6) is -0.153. The van der Waals surface area contributed by atoms with E-state index in [2.05, 4.69) is 22.1 Å². The molecular weight excluding hydrogens is 341 g/mol. The number of fused-ring (bicyclic) bond motifs is 1. The Morgan fingerprint density at radius 1 is 1.36 bits per heavy atom. The van der Waals surface area contributed by atoms with E-state index >= 15 is 0 Å². The van der Waals surface area contributed by atoms with Gasteiger partial charge in [0, 0.05) is 18.8 Å². The van der Waals surface area contributed by atoms with Crippen LogP contribution in [0.15, 0.2) is 18.3 Å². The van der Waals surface area contributed by atoms with Crippen molar-refractivity contribution in [3.8, 4) is 5.75 Å². The van der Waals surface area contributed by atoms with Crippen molar-refractivity contribution in [2.75, 3.05) is 33.3 Å². The molecule has 1 saturated heterocycles. The van der Waals surface area contributed by atoms with Gasteiger partial charge in [-0.05, 0) is 56.6 Å². The zero-order valence-corrected chi connectivity index (χ0v) is 15.6. The Morgan fingerprint density at radius 3 is 2.80 bits per heavy atom. The second kappa shape index (κ2) is 8.30. The Hall–Kier alpha value is -1.43. The lowest BCUT2D eigenvalue weighted by Crippen LogP contribution is -2.43. The third-order valence-electron chi connectivity index (χ3n) is 4.96. The van der Waals surface area contributed by atoms with Gasteiger partial charge in [0.25, 0.3) is 0 Å². The zero-order chi connectivity index (χ0) is 17.8. The highest BCUT2D eigenvalue weighted by Crippen LogP contribution is 2.34.